The van der Waals surface area contributed by atoms with Gasteiger partial charge in [0.05, 0.1) is 5.02 Å². The summed E-state index contributed by atoms with van der Waals surface area (Å²) in [5, 5.41) is 1.34. The van der Waals surface area contributed by atoms with Gasteiger partial charge in [-0.1, -0.05) is 40.9 Å². The number of carbonyl (C=O) groups is 1. The van der Waals surface area contributed by atoms with Gasteiger partial charge in [0.25, 0.3) is 0 Å². The SMILES string of the molecule is CC(Oc1cccc(Cl)c1)C(=O)c1cc(Cl)ccc1Cl. The first-order valence-electron chi connectivity index (χ1n) is 5.89. The summed E-state index contributed by atoms with van der Waals surface area (Å²) < 4.78 is 5.57. The Morgan fingerprint density at radius 1 is 1.05 bits per heavy atom. The second kappa shape index (κ2) is 6.49. The molecular formula is C15H11Cl3O2. The molecule has 0 N–H and O–H groups in total. The van der Waals surface area contributed by atoms with Crippen LogP contribution in [0.3, 0.4) is 0 Å². The molecule has 2 nitrogen and oxygen atoms in total. The van der Waals surface area contributed by atoms with Gasteiger partial charge < -0.3 is 4.74 Å². The van der Waals surface area contributed by atoms with Gasteiger partial charge in [-0.3, -0.25) is 4.79 Å². The lowest BCUT2D eigenvalue weighted by molar-refractivity contribution is 0.0818. The van der Waals surface area contributed by atoms with E-state index in [4.69, 9.17) is 39.5 Å². The lowest BCUT2D eigenvalue weighted by atomic mass is 10.1. The van der Waals surface area contributed by atoms with Crippen LogP contribution in [0.2, 0.25) is 15.1 Å². The molecule has 0 aliphatic heterocycles. The van der Waals surface area contributed by atoms with E-state index < -0.39 is 6.10 Å². The second-order valence-electron chi connectivity index (χ2n) is 4.21. The molecule has 1 unspecified atom stereocenters. The molecule has 0 saturated carbocycles. The molecule has 5 heteroatoms. The predicted molar refractivity (Wildman–Crippen MR) is 82.3 cm³/mol. The molecule has 2 rings (SSSR count). The number of carbonyl (C=O) groups excluding carboxylic acids is 1. The highest BCUT2D eigenvalue weighted by Crippen LogP contribution is 2.24. The van der Waals surface area contributed by atoms with E-state index in [1.165, 1.54) is 6.07 Å². The van der Waals surface area contributed by atoms with Crippen molar-refractivity contribution in [3.63, 3.8) is 0 Å². The molecule has 20 heavy (non-hydrogen) atoms. The monoisotopic (exact) mass is 328 g/mol. The van der Waals surface area contributed by atoms with Crippen LogP contribution in [0.4, 0.5) is 0 Å². The molecule has 0 saturated heterocycles. The Labute approximate surface area is 132 Å². The van der Waals surface area contributed by atoms with Crippen LogP contribution in [-0.4, -0.2) is 11.9 Å². The summed E-state index contributed by atoms with van der Waals surface area (Å²) in [6, 6.07) is 11.6. The number of hydrogen-bond donors (Lipinski definition) is 0. The molecule has 1 atom stereocenters. The van der Waals surface area contributed by atoms with Crippen molar-refractivity contribution in [3.8, 4) is 5.75 Å². The second-order valence-corrected chi connectivity index (χ2v) is 5.49. The maximum Gasteiger partial charge on any atom is 0.204 e. The summed E-state index contributed by atoms with van der Waals surface area (Å²) in [5.74, 6) is 0.286. The van der Waals surface area contributed by atoms with Crippen molar-refractivity contribution in [2.45, 2.75) is 13.0 Å². The van der Waals surface area contributed by atoms with Crippen LogP contribution in [0.1, 0.15) is 17.3 Å². The number of benzene rings is 2. The fourth-order valence-corrected chi connectivity index (χ4v) is 2.27. The van der Waals surface area contributed by atoms with E-state index in [-0.39, 0.29) is 5.78 Å². The third-order valence-corrected chi connectivity index (χ3v) is 3.47. The highest BCUT2D eigenvalue weighted by molar-refractivity contribution is 6.36. The number of rotatable bonds is 4. The summed E-state index contributed by atoms with van der Waals surface area (Å²) in [6.07, 6.45) is -0.690. The van der Waals surface area contributed by atoms with Gasteiger partial charge in [0.15, 0.2) is 6.10 Å². The Morgan fingerprint density at radius 2 is 1.75 bits per heavy atom. The Bertz CT molecular complexity index is 641. The van der Waals surface area contributed by atoms with Crippen molar-refractivity contribution >= 4 is 40.6 Å². The number of halogens is 3. The van der Waals surface area contributed by atoms with Crippen LogP contribution in [0, 0.1) is 0 Å². The van der Waals surface area contributed by atoms with E-state index in [0.29, 0.717) is 26.4 Å². The Morgan fingerprint density at radius 3 is 2.45 bits per heavy atom. The third kappa shape index (κ3) is 3.66. The summed E-state index contributed by atoms with van der Waals surface area (Å²) in [6.45, 7) is 1.65. The smallest absolute Gasteiger partial charge is 0.204 e. The summed E-state index contributed by atoms with van der Waals surface area (Å²) >= 11 is 17.8. The van der Waals surface area contributed by atoms with Crippen LogP contribution in [0.15, 0.2) is 42.5 Å². The molecule has 0 bridgehead atoms. The van der Waals surface area contributed by atoms with Gasteiger partial charge in [-0.05, 0) is 43.3 Å². The zero-order chi connectivity index (χ0) is 14.7. The molecule has 0 aromatic heterocycles. The summed E-state index contributed by atoms with van der Waals surface area (Å²) in [7, 11) is 0. The molecule has 2 aromatic carbocycles. The molecule has 0 spiro atoms. The van der Waals surface area contributed by atoms with Gasteiger partial charge in [0.2, 0.25) is 5.78 Å². The van der Waals surface area contributed by atoms with Crippen LogP contribution in [-0.2, 0) is 0 Å². The molecule has 0 fully saturated rings. The van der Waals surface area contributed by atoms with E-state index in [0.717, 1.165) is 0 Å². The highest BCUT2D eigenvalue weighted by atomic mass is 35.5. The van der Waals surface area contributed by atoms with E-state index in [1.54, 1.807) is 43.3 Å². The number of Topliss-reactive ketones (excluding diaryl/α,β-unsaturated/α-hetero) is 1. The standard InChI is InChI=1S/C15H11Cl3O2/c1-9(20-12-4-2-3-10(16)7-12)15(19)13-8-11(17)5-6-14(13)18/h2-9H,1H3. The zero-order valence-electron chi connectivity index (χ0n) is 10.6. The highest BCUT2D eigenvalue weighted by Gasteiger charge is 2.20. The van der Waals surface area contributed by atoms with Crippen molar-refractivity contribution in [3.05, 3.63) is 63.1 Å². The van der Waals surface area contributed by atoms with Crippen LogP contribution in [0.25, 0.3) is 0 Å². The molecule has 0 aliphatic rings. The minimum absolute atomic E-state index is 0.238. The molecule has 0 aliphatic carbocycles. The fourth-order valence-electron chi connectivity index (χ4n) is 1.70. The van der Waals surface area contributed by atoms with Crippen LogP contribution >= 0.6 is 34.8 Å². The summed E-state index contributed by atoms with van der Waals surface area (Å²) in [5.41, 5.74) is 0.341. The van der Waals surface area contributed by atoms with Crippen molar-refractivity contribution in [2.75, 3.05) is 0 Å². The zero-order valence-corrected chi connectivity index (χ0v) is 12.8. The summed E-state index contributed by atoms with van der Waals surface area (Å²) in [4.78, 5) is 12.3. The maximum absolute atomic E-state index is 12.3. The van der Waals surface area contributed by atoms with Crippen LogP contribution < -0.4 is 4.74 Å². The molecule has 0 heterocycles. The first-order valence-corrected chi connectivity index (χ1v) is 7.02. The van der Waals surface area contributed by atoms with Crippen molar-refractivity contribution in [1.82, 2.24) is 0 Å². The third-order valence-electron chi connectivity index (χ3n) is 2.67. The van der Waals surface area contributed by atoms with E-state index in [2.05, 4.69) is 0 Å². The topological polar surface area (TPSA) is 26.3 Å². The predicted octanol–water partition coefficient (Wildman–Crippen LogP) is 5.30. The normalized spacial score (nSPS) is 12.0. The van der Waals surface area contributed by atoms with Gasteiger partial charge in [-0.15, -0.1) is 0 Å². The van der Waals surface area contributed by atoms with Crippen molar-refractivity contribution < 1.29 is 9.53 Å². The average molecular weight is 330 g/mol. The first-order chi connectivity index (χ1) is 9.47. The largest absolute Gasteiger partial charge is 0.483 e. The lowest BCUT2D eigenvalue weighted by Gasteiger charge is -2.14. The number of ketones is 1. The number of ether oxygens (including phenoxy) is 1. The Hall–Kier alpha value is -1.22. The molecule has 2 aromatic rings. The van der Waals surface area contributed by atoms with E-state index in [9.17, 15) is 4.79 Å². The molecule has 0 amide bonds. The average Bonchev–Trinajstić information content (AvgIpc) is 2.40. The number of hydrogen-bond acceptors (Lipinski definition) is 2. The van der Waals surface area contributed by atoms with Gasteiger partial charge in [-0.25, -0.2) is 0 Å². The quantitative estimate of drug-likeness (QED) is 0.712. The van der Waals surface area contributed by atoms with Crippen molar-refractivity contribution in [2.24, 2.45) is 0 Å². The molecule has 104 valence electrons. The van der Waals surface area contributed by atoms with E-state index >= 15 is 0 Å². The Kier molecular flexibility index (Phi) is 4.92. The minimum atomic E-state index is -0.690. The Balaban J connectivity index is 2.18. The fraction of sp³-hybridized carbons (Fsp3) is 0.133. The molecule has 0 radical (unpaired) electrons. The molecular weight excluding hydrogens is 319 g/mol. The van der Waals surface area contributed by atoms with Gasteiger partial charge in [0, 0.05) is 15.6 Å². The van der Waals surface area contributed by atoms with Crippen LogP contribution in [0.5, 0.6) is 5.75 Å². The minimum Gasteiger partial charge on any atom is -0.483 e. The lowest BCUT2D eigenvalue weighted by Crippen LogP contribution is -2.24. The van der Waals surface area contributed by atoms with Gasteiger partial charge >= 0.3 is 0 Å². The van der Waals surface area contributed by atoms with Gasteiger partial charge in [0.1, 0.15) is 5.75 Å². The maximum atomic E-state index is 12.3. The van der Waals surface area contributed by atoms with E-state index in [1.807, 2.05) is 0 Å². The first kappa shape index (κ1) is 15.2. The van der Waals surface area contributed by atoms with Gasteiger partial charge in [-0.2, -0.15) is 0 Å². The van der Waals surface area contributed by atoms with Crippen molar-refractivity contribution in [1.29, 1.82) is 0 Å².